The molecule has 1 aliphatic rings. The molecule has 1 aliphatic heterocycles. The van der Waals surface area contributed by atoms with E-state index in [1.807, 2.05) is 11.8 Å². The Morgan fingerprint density at radius 2 is 2.10 bits per heavy atom. The Morgan fingerprint density at radius 1 is 1.30 bits per heavy atom. The lowest BCUT2D eigenvalue weighted by Crippen LogP contribution is -2.48. The van der Waals surface area contributed by atoms with Crippen molar-refractivity contribution in [1.82, 2.24) is 4.98 Å². The number of halogens is 2. The van der Waals surface area contributed by atoms with Crippen molar-refractivity contribution < 1.29 is 8.78 Å². The number of nitrogens with two attached hydrogens (primary N) is 1. The van der Waals surface area contributed by atoms with Gasteiger partial charge in [-0.25, -0.2) is 8.78 Å². The molecule has 2 aromatic rings. The van der Waals surface area contributed by atoms with Crippen LogP contribution in [-0.4, -0.2) is 30.3 Å². The van der Waals surface area contributed by atoms with Gasteiger partial charge in [-0.05, 0) is 37.6 Å². The third kappa shape index (κ3) is 2.22. The first kappa shape index (κ1) is 13.2. The lowest BCUT2D eigenvalue weighted by Gasteiger charge is -2.34. The van der Waals surface area contributed by atoms with Crippen molar-refractivity contribution in [1.29, 1.82) is 0 Å². The predicted octanol–water partition coefficient (Wildman–Crippen LogP) is 2.56. The molecule has 3 nitrogen and oxygen atoms in total. The lowest BCUT2D eigenvalue weighted by atomic mass is 10.0. The molecule has 0 amide bonds. The van der Waals surface area contributed by atoms with Gasteiger partial charge in [0.15, 0.2) is 0 Å². The van der Waals surface area contributed by atoms with Crippen molar-refractivity contribution in [2.24, 2.45) is 5.73 Å². The molecule has 2 heterocycles. The Morgan fingerprint density at radius 3 is 2.85 bits per heavy atom. The van der Waals surface area contributed by atoms with E-state index in [1.165, 1.54) is 6.07 Å². The summed E-state index contributed by atoms with van der Waals surface area (Å²) >= 11 is 0. The third-order valence-corrected chi connectivity index (χ3v) is 3.85. The van der Waals surface area contributed by atoms with E-state index in [4.69, 9.17) is 5.73 Å². The van der Waals surface area contributed by atoms with Crippen LogP contribution >= 0.6 is 0 Å². The number of hydrogen-bond acceptors (Lipinski definition) is 3. The van der Waals surface area contributed by atoms with Crippen LogP contribution in [0, 0.1) is 12.7 Å². The minimum absolute atomic E-state index is 0.234. The minimum Gasteiger partial charge on any atom is -0.367 e. The monoisotopic (exact) mass is 277 g/mol. The fraction of sp³-hybridized carbons (Fsp3) is 0.400. The van der Waals surface area contributed by atoms with Gasteiger partial charge in [-0.2, -0.15) is 0 Å². The van der Waals surface area contributed by atoms with Crippen LogP contribution in [0.4, 0.5) is 14.5 Å². The van der Waals surface area contributed by atoms with Crippen molar-refractivity contribution in [3.05, 3.63) is 35.8 Å². The summed E-state index contributed by atoms with van der Waals surface area (Å²) in [5.74, 6) is -0.304. The summed E-state index contributed by atoms with van der Waals surface area (Å²) < 4.78 is 27.7. The van der Waals surface area contributed by atoms with Crippen molar-refractivity contribution in [2.75, 3.05) is 18.0 Å². The molecule has 0 unspecified atom stereocenters. The summed E-state index contributed by atoms with van der Waals surface area (Å²) in [6.07, 6.45) is -0.472. The quantitative estimate of drug-likeness (QED) is 0.871. The summed E-state index contributed by atoms with van der Waals surface area (Å²) in [4.78, 5) is 6.33. The molecule has 0 saturated carbocycles. The molecule has 1 saturated heterocycles. The molecule has 0 aliphatic carbocycles. The molecular formula is C15H17F2N3. The van der Waals surface area contributed by atoms with Crippen molar-refractivity contribution in [2.45, 2.75) is 25.6 Å². The van der Waals surface area contributed by atoms with Crippen LogP contribution in [0.25, 0.3) is 10.9 Å². The first-order chi connectivity index (χ1) is 9.56. The molecule has 2 N–H and O–H groups in total. The maximum atomic E-state index is 13.9. The first-order valence-corrected chi connectivity index (χ1v) is 6.77. The summed E-state index contributed by atoms with van der Waals surface area (Å²) in [5.41, 5.74) is 7.88. The van der Waals surface area contributed by atoms with Gasteiger partial charge < -0.3 is 10.6 Å². The van der Waals surface area contributed by atoms with Gasteiger partial charge in [0.05, 0.1) is 17.7 Å². The number of aromatic nitrogens is 1. The number of anilines is 1. The number of rotatable bonds is 1. The van der Waals surface area contributed by atoms with Gasteiger partial charge in [-0.1, -0.05) is 0 Å². The molecule has 3 rings (SSSR count). The highest BCUT2D eigenvalue weighted by molar-refractivity contribution is 5.91. The van der Waals surface area contributed by atoms with E-state index in [9.17, 15) is 8.78 Å². The van der Waals surface area contributed by atoms with Gasteiger partial charge in [0, 0.05) is 23.7 Å². The average molecular weight is 277 g/mol. The van der Waals surface area contributed by atoms with E-state index in [0.717, 1.165) is 11.4 Å². The van der Waals surface area contributed by atoms with E-state index in [0.29, 0.717) is 23.9 Å². The van der Waals surface area contributed by atoms with E-state index in [-0.39, 0.29) is 12.4 Å². The second-order valence-electron chi connectivity index (χ2n) is 5.33. The van der Waals surface area contributed by atoms with Gasteiger partial charge in [0.2, 0.25) is 0 Å². The summed E-state index contributed by atoms with van der Waals surface area (Å²) in [5, 5.41) is 0.471. The number of nitrogens with zero attached hydrogens (tertiary/aromatic N) is 2. The second kappa shape index (κ2) is 4.98. The number of aryl methyl sites for hydroxylation is 1. The van der Waals surface area contributed by atoms with Crippen molar-refractivity contribution >= 4 is 16.6 Å². The number of benzene rings is 1. The van der Waals surface area contributed by atoms with E-state index in [2.05, 4.69) is 4.98 Å². The van der Waals surface area contributed by atoms with Crippen molar-refractivity contribution in [3.8, 4) is 0 Å². The molecule has 0 radical (unpaired) electrons. The zero-order valence-corrected chi connectivity index (χ0v) is 11.3. The second-order valence-corrected chi connectivity index (χ2v) is 5.33. The summed E-state index contributed by atoms with van der Waals surface area (Å²) in [6, 6.07) is 6.18. The SMILES string of the molecule is Cc1ccc2c(F)ccc(N3CC[C@H](N)[C@H](F)C3)c2n1. The van der Waals surface area contributed by atoms with Crippen LogP contribution in [0.1, 0.15) is 12.1 Å². The number of alkyl halides is 1. The Kier molecular flexibility index (Phi) is 3.30. The molecule has 5 heteroatoms. The highest BCUT2D eigenvalue weighted by atomic mass is 19.1. The maximum absolute atomic E-state index is 13.9. The first-order valence-electron chi connectivity index (χ1n) is 6.77. The van der Waals surface area contributed by atoms with Crippen LogP contribution in [0.3, 0.4) is 0 Å². The maximum Gasteiger partial charge on any atom is 0.133 e. The Balaban J connectivity index is 2.07. The van der Waals surface area contributed by atoms with Crippen LogP contribution in [0.2, 0.25) is 0 Å². The molecule has 0 spiro atoms. The topological polar surface area (TPSA) is 42.1 Å². The smallest absolute Gasteiger partial charge is 0.133 e. The van der Waals surface area contributed by atoms with Crippen LogP contribution in [0.15, 0.2) is 24.3 Å². The fourth-order valence-electron chi connectivity index (χ4n) is 2.66. The summed E-state index contributed by atoms with van der Waals surface area (Å²) in [7, 11) is 0. The number of hydrogen-bond donors (Lipinski definition) is 1. The molecular weight excluding hydrogens is 260 g/mol. The highest BCUT2D eigenvalue weighted by Gasteiger charge is 2.27. The van der Waals surface area contributed by atoms with Gasteiger partial charge in [-0.3, -0.25) is 4.98 Å². The third-order valence-electron chi connectivity index (χ3n) is 3.85. The molecule has 20 heavy (non-hydrogen) atoms. The molecule has 0 bridgehead atoms. The van der Waals surface area contributed by atoms with Crippen molar-refractivity contribution in [3.63, 3.8) is 0 Å². The van der Waals surface area contributed by atoms with E-state index in [1.54, 1.807) is 18.2 Å². The molecule has 2 atom stereocenters. The van der Waals surface area contributed by atoms with E-state index >= 15 is 0 Å². The van der Waals surface area contributed by atoms with Crippen LogP contribution in [0.5, 0.6) is 0 Å². The molecule has 1 fully saturated rings. The van der Waals surface area contributed by atoms with Gasteiger partial charge in [-0.15, -0.1) is 0 Å². The highest BCUT2D eigenvalue weighted by Crippen LogP contribution is 2.30. The predicted molar refractivity (Wildman–Crippen MR) is 76.1 cm³/mol. The summed E-state index contributed by atoms with van der Waals surface area (Å²) in [6.45, 7) is 2.76. The van der Waals surface area contributed by atoms with Crippen LogP contribution in [-0.2, 0) is 0 Å². The number of piperidine rings is 1. The zero-order valence-electron chi connectivity index (χ0n) is 11.3. The number of pyridine rings is 1. The number of fused-ring (bicyclic) bond motifs is 1. The average Bonchev–Trinajstić information content (AvgIpc) is 2.42. The largest absolute Gasteiger partial charge is 0.367 e. The van der Waals surface area contributed by atoms with Crippen LogP contribution < -0.4 is 10.6 Å². The normalized spacial score (nSPS) is 23.3. The Hall–Kier alpha value is -1.75. The molecule has 1 aromatic heterocycles. The Labute approximate surface area is 116 Å². The Bertz CT molecular complexity index is 644. The van der Waals surface area contributed by atoms with Gasteiger partial charge in [0.1, 0.15) is 12.0 Å². The zero-order chi connectivity index (χ0) is 14.3. The van der Waals surface area contributed by atoms with Gasteiger partial charge >= 0.3 is 0 Å². The lowest BCUT2D eigenvalue weighted by molar-refractivity contribution is 0.251. The minimum atomic E-state index is -1.06. The standard InChI is InChI=1S/C15H17F2N3/c1-9-2-3-10-11(16)4-5-14(15(10)19-9)20-7-6-13(18)12(17)8-20/h2-5,12-13H,6-8,18H2,1H3/t12-,13+/m1/s1. The molecule has 1 aromatic carbocycles. The van der Waals surface area contributed by atoms with Gasteiger partial charge in [0.25, 0.3) is 0 Å². The fourth-order valence-corrected chi connectivity index (χ4v) is 2.66. The molecule has 106 valence electrons. The van der Waals surface area contributed by atoms with E-state index < -0.39 is 12.2 Å².